The normalized spacial score (nSPS) is 11.6. The van der Waals surface area contributed by atoms with Crippen LogP contribution >= 0.6 is 11.3 Å². The van der Waals surface area contributed by atoms with Gasteiger partial charge in [-0.2, -0.15) is 18.4 Å². The molecule has 34 heavy (non-hydrogen) atoms. The van der Waals surface area contributed by atoms with Gasteiger partial charge in [0.2, 0.25) is 10.0 Å². The van der Waals surface area contributed by atoms with Crippen LogP contribution in [0, 0.1) is 18.3 Å². The van der Waals surface area contributed by atoms with Crippen LogP contribution in [0.5, 0.6) is 0 Å². The zero-order valence-electron chi connectivity index (χ0n) is 17.8. The van der Waals surface area contributed by atoms with Crippen LogP contribution in [0.1, 0.15) is 32.9 Å². The molecule has 3 aromatic rings. The first-order chi connectivity index (χ1) is 16.0. The fourth-order valence-electron chi connectivity index (χ4n) is 2.95. The number of hydrogen-bond acceptors (Lipinski definition) is 7. The number of carbonyl (C=O) groups excluding carboxylic acids is 1. The number of rotatable bonds is 8. The number of carbonyl (C=O) groups is 1. The van der Waals surface area contributed by atoms with Crippen molar-refractivity contribution < 1.29 is 26.4 Å². The number of halogens is 3. The zero-order valence-corrected chi connectivity index (χ0v) is 19.5. The Kier molecular flexibility index (Phi) is 7.58. The van der Waals surface area contributed by atoms with Gasteiger partial charge in [-0.15, -0.1) is 11.3 Å². The lowest BCUT2D eigenvalue weighted by Gasteiger charge is -2.22. The van der Waals surface area contributed by atoms with Crippen LogP contribution in [0.3, 0.4) is 0 Å². The molecule has 0 radical (unpaired) electrons. The molecule has 0 saturated heterocycles. The molecule has 1 heterocycles. The minimum Gasteiger partial charge on any atom is -0.313 e. The lowest BCUT2D eigenvalue weighted by molar-refractivity contribution is -0.130. The number of nitriles is 1. The highest BCUT2D eigenvalue weighted by atomic mass is 32.2. The average molecular weight is 509 g/mol. The summed E-state index contributed by atoms with van der Waals surface area (Å²) in [6.07, 6.45) is -6.24. The third-order valence-electron chi connectivity index (χ3n) is 4.63. The van der Waals surface area contributed by atoms with Crippen LogP contribution in [0.4, 0.5) is 24.0 Å². The largest absolute Gasteiger partial charge is 0.390 e. The van der Waals surface area contributed by atoms with Gasteiger partial charge in [-0.1, -0.05) is 30.3 Å². The molecule has 12 heteroatoms. The van der Waals surface area contributed by atoms with Crippen LogP contribution in [0.25, 0.3) is 0 Å². The molecule has 1 aromatic heterocycles. The van der Waals surface area contributed by atoms with Crippen LogP contribution < -0.4 is 9.62 Å². The summed E-state index contributed by atoms with van der Waals surface area (Å²) in [5, 5.41) is 9.44. The third-order valence-corrected chi connectivity index (χ3v) is 6.86. The van der Waals surface area contributed by atoms with Gasteiger partial charge in [0.25, 0.3) is 5.91 Å². The van der Waals surface area contributed by atoms with E-state index >= 15 is 0 Å². The van der Waals surface area contributed by atoms with Crippen molar-refractivity contribution in [1.82, 2.24) is 9.71 Å². The molecule has 3 rings (SSSR count). The molecule has 178 valence electrons. The second-order valence-corrected chi connectivity index (χ2v) is 10.3. The smallest absolute Gasteiger partial charge is 0.313 e. The molecule has 0 saturated carbocycles. The van der Waals surface area contributed by atoms with E-state index in [4.69, 9.17) is 5.26 Å². The number of anilines is 2. The Morgan fingerprint density at radius 2 is 1.79 bits per heavy atom. The maximum atomic E-state index is 12.5. The van der Waals surface area contributed by atoms with E-state index in [9.17, 15) is 26.4 Å². The summed E-state index contributed by atoms with van der Waals surface area (Å²) in [6, 6.07) is 18.1. The first kappa shape index (κ1) is 25.2. The fraction of sp³-hybridized carbons (Fsp3) is 0.227. The van der Waals surface area contributed by atoms with Gasteiger partial charge in [0.05, 0.1) is 30.4 Å². The summed E-state index contributed by atoms with van der Waals surface area (Å²) in [5.74, 6) is -2.36. The number of amides is 1. The van der Waals surface area contributed by atoms with Gasteiger partial charge < -0.3 is 4.90 Å². The maximum absolute atomic E-state index is 12.5. The quantitative estimate of drug-likeness (QED) is 0.474. The fourth-order valence-corrected chi connectivity index (χ4v) is 4.86. The van der Waals surface area contributed by atoms with Crippen molar-refractivity contribution in [2.45, 2.75) is 26.1 Å². The molecule has 7 nitrogen and oxygen atoms in total. The van der Waals surface area contributed by atoms with Gasteiger partial charge >= 0.3 is 6.18 Å². The van der Waals surface area contributed by atoms with Crippen molar-refractivity contribution in [2.24, 2.45) is 0 Å². The molecule has 0 atom stereocenters. The van der Waals surface area contributed by atoms with E-state index in [1.807, 2.05) is 36.4 Å². The molecule has 0 bridgehead atoms. The van der Waals surface area contributed by atoms with Crippen LogP contribution in [0.15, 0.2) is 54.6 Å². The summed E-state index contributed by atoms with van der Waals surface area (Å²) in [5.41, 5.74) is 1.88. The second kappa shape index (κ2) is 10.2. The minimum absolute atomic E-state index is 0.192. The predicted molar refractivity (Wildman–Crippen MR) is 122 cm³/mol. The number of sulfonamides is 1. The lowest BCUT2D eigenvalue weighted by atomic mass is 10.2. The SMILES string of the molecule is Cc1sc(N(Cc2ccccc2)c2ccc(C#N)cc2)nc1C(=O)NS(=O)(=O)CCC(F)(F)F. The highest BCUT2D eigenvalue weighted by Gasteiger charge is 2.31. The molecule has 0 spiro atoms. The molecule has 0 aliphatic heterocycles. The predicted octanol–water partition coefficient (Wildman–Crippen LogP) is 4.67. The number of alkyl halides is 3. The highest BCUT2D eigenvalue weighted by Crippen LogP contribution is 2.33. The van der Waals surface area contributed by atoms with E-state index in [1.165, 1.54) is 0 Å². The zero-order chi connectivity index (χ0) is 24.9. The van der Waals surface area contributed by atoms with E-state index in [-0.39, 0.29) is 5.69 Å². The van der Waals surface area contributed by atoms with Crippen LogP contribution in [-0.4, -0.2) is 31.2 Å². The van der Waals surface area contributed by atoms with Gasteiger partial charge in [0, 0.05) is 10.6 Å². The molecule has 1 N–H and O–H groups in total. The number of nitrogens with one attached hydrogen (secondary N) is 1. The topological polar surface area (TPSA) is 103 Å². The number of nitrogens with zero attached hydrogens (tertiary/aromatic N) is 3. The van der Waals surface area contributed by atoms with Crippen molar-refractivity contribution in [3.63, 3.8) is 0 Å². The van der Waals surface area contributed by atoms with Gasteiger partial charge in [-0.05, 0) is 36.8 Å². The molecule has 0 fully saturated rings. The van der Waals surface area contributed by atoms with E-state index in [1.54, 1.807) is 40.8 Å². The Morgan fingerprint density at radius 3 is 2.38 bits per heavy atom. The highest BCUT2D eigenvalue weighted by molar-refractivity contribution is 7.90. The van der Waals surface area contributed by atoms with E-state index in [0.717, 1.165) is 16.9 Å². The average Bonchev–Trinajstić information content (AvgIpc) is 3.18. The van der Waals surface area contributed by atoms with Gasteiger partial charge in [-0.25, -0.2) is 18.1 Å². The summed E-state index contributed by atoms with van der Waals surface area (Å²) in [6.45, 7) is 1.93. The molecular weight excluding hydrogens is 489 g/mol. The summed E-state index contributed by atoms with van der Waals surface area (Å²) in [7, 11) is -4.50. The Hall–Kier alpha value is -3.43. The third kappa shape index (κ3) is 6.79. The Labute approximate surface area is 198 Å². The van der Waals surface area contributed by atoms with Crippen molar-refractivity contribution in [1.29, 1.82) is 5.26 Å². The van der Waals surface area contributed by atoms with Crippen LogP contribution in [0.2, 0.25) is 0 Å². The van der Waals surface area contributed by atoms with E-state index < -0.39 is 34.3 Å². The first-order valence-electron chi connectivity index (χ1n) is 9.88. The molecular formula is C22H19F3N4O3S2. The van der Waals surface area contributed by atoms with Crippen LogP contribution in [-0.2, 0) is 16.6 Å². The second-order valence-electron chi connectivity index (χ2n) is 7.25. The number of aromatic nitrogens is 1. The molecule has 2 aromatic carbocycles. The summed E-state index contributed by atoms with van der Waals surface area (Å²) < 4.78 is 62.7. The Morgan fingerprint density at radius 1 is 1.15 bits per heavy atom. The van der Waals surface area contributed by atoms with Crippen molar-refractivity contribution in [2.75, 3.05) is 10.7 Å². The number of aryl methyl sites for hydroxylation is 1. The maximum Gasteiger partial charge on any atom is 0.390 e. The number of benzene rings is 2. The molecule has 0 unspecified atom stereocenters. The Bertz CT molecular complexity index is 1300. The van der Waals surface area contributed by atoms with E-state index in [2.05, 4.69) is 4.98 Å². The first-order valence-corrected chi connectivity index (χ1v) is 12.3. The molecule has 1 amide bonds. The Balaban J connectivity index is 1.89. The van der Waals surface area contributed by atoms with E-state index in [0.29, 0.717) is 27.8 Å². The standard InChI is InChI=1S/C22H19F3N4O3S2/c1-15-19(20(30)28-34(31,32)12-11-22(23,24)25)27-21(33-15)29(14-17-5-3-2-4-6-17)18-9-7-16(13-26)8-10-18/h2-10H,11-12,14H2,1H3,(H,28,30). The summed E-state index contributed by atoms with van der Waals surface area (Å²) >= 11 is 1.13. The molecule has 0 aliphatic carbocycles. The van der Waals surface area contributed by atoms with Crippen molar-refractivity contribution in [3.05, 3.63) is 76.3 Å². The van der Waals surface area contributed by atoms with Gasteiger partial charge in [-0.3, -0.25) is 4.79 Å². The number of thiazole rings is 1. The van der Waals surface area contributed by atoms with Crippen molar-refractivity contribution in [3.8, 4) is 6.07 Å². The minimum atomic E-state index is -4.67. The van der Waals surface area contributed by atoms with Crippen molar-refractivity contribution >= 4 is 38.1 Å². The molecule has 0 aliphatic rings. The lowest BCUT2D eigenvalue weighted by Crippen LogP contribution is -2.34. The van der Waals surface area contributed by atoms with Gasteiger partial charge in [0.1, 0.15) is 5.69 Å². The summed E-state index contributed by atoms with van der Waals surface area (Å²) in [4.78, 5) is 19.0. The monoisotopic (exact) mass is 508 g/mol. The van der Waals surface area contributed by atoms with Gasteiger partial charge in [0.15, 0.2) is 5.13 Å². The number of hydrogen-bond donors (Lipinski definition) is 1.